The Morgan fingerprint density at radius 1 is 1.00 bits per heavy atom. The van der Waals surface area contributed by atoms with Gasteiger partial charge in [0.2, 0.25) is 5.91 Å². The summed E-state index contributed by atoms with van der Waals surface area (Å²) in [7, 11) is 1.61. The lowest BCUT2D eigenvalue weighted by molar-refractivity contribution is -0.141. The number of carbonyl (C=O) groups excluding carboxylic acids is 3. The minimum atomic E-state index is -0.531. The van der Waals surface area contributed by atoms with E-state index in [2.05, 4.69) is 9.88 Å². The topological polar surface area (TPSA) is 93.1 Å². The second-order valence-corrected chi connectivity index (χ2v) is 8.92. The van der Waals surface area contributed by atoms with Gasteiger partial charge in [-0.2, -0.15) is 0 Å². The lowest BCUT2D eigenvalue weighted by atomic mass is 9.97. The Morgan fingerprint density at radius 2 is 1.70 bits per heavy atom. The molecule has 0 bridgehead atoms. The minimum absolute atomic E-state index is 0.173. The van der Waals surface area contributed by atoms with Gasteiger partial charge in [-0.3, -0.25) is 14.5 Å². The highest BCUT2D eigenvalue weighted by Gasteiger charge is 2.37. The molecule has 0 fully saturated rings. The monoisotopic (exact) mass is 504 g/mol. The minimum Gasteiger partial charge on any atom is -0.497 e. The number of para-hydroxylation sites is 2. The van der Waals surface area contributed by atoms with Gasteiger partial charge < -0.3 is 24.3 Å². The summed E-state index contributed by atoms with van der Waals surface area (Å²) in [5.74, 6) is -0.0608. The molecular formula is C28H32N4O5. The van der Waals surface area contributed by atoms with Crippen molar-refractivity contribution < 1.29 is 23.9 Å². The van der Waals surface area contributed by atoms with Crippen molar-refractivity contribution >= 4 is 23.6 Å². The SMILES string of the molecule is CCOC(=O)CNC(=O)N(CC(=O)N1c2ccccc2-n2cccc2C1c1ccc(OC)cc1)C(C)C. The molecule has 1 unspecified atom stereocenters. The number of ether oxygens (including phenoxy) is 2. The number of nitrogens with zero attached hydrogens (tertiary/aromatic N) is 3. The first-order valence-corrected chi connectivity index (χ1v) is 12.3. The van der Waals surface area contributed by atoms with Gasteiger partial charge >= 0.3 is 12.0 Å². The van der Waals surface area contributed by atoms with Crippen LogP contribution in [0.1, 0.15) is 38.1 Å². The van der Waals surface area contributed by atoms with Gasteiger partial charge in [-0.15, -0.1) is 0 Å². The molecule has 1 atom stereocenters. The summed E-state index contributed by atoms with van der Waals surface area (Å²) in [4.78, 5) is 41.9. The van der Waals surface area contributed by atoms with Gasteiger partial charge in [-0.05, 0) is 62.7 Å². The van der Waals surface area contributed by atoms with Crippen LogP contribution in [-0.2, 0) is 14.3 Å². The summed E-state index contributed by atoms with van der Waals surface area (Å²) in [5.41, 5.74) is 3.46. The third-order valence-electron chi connectivity index (χ3n) is 6.30. The van der Waals surface area contributed by atoms with Crippen molar-refractivity contribution in [3.05, 3.63) is 78.1 Å². The molecule has 1 aliphatic heterocycles. The first-order valence-electron chi connectivity index (χ1n) is 12.3. The van der Waals surface area contributed by atoms with Crippen LogP contribution in [0, 0.1) is 0 Å². The largest absolute Gasteiger partial charge is 0.497 e. The molecule has 1 aromatic heterocycles. The van der Waals surface area contributed by atoms with E-state index in [-0.39, 0.29) is 31.6 Å². The Bertz CT molecular complexity index is 1270. The van der Waals surface area contributed by atoms with Gasteiger partial charge in [0.1, 0.15) is 24.9 Å². The lowest BCUT2D eigenvalue weighted by Gasteiger charge is -2.40. The fourth-order valence-corrected chi connectivity index (χ4v) is 4.54. The second-order valence-electron chi connectivity index (χ2n) is 8.92. The standard InChI is InChI=1S/C28H32N4O5/c1-5-37-26(34)17-29-28(35)31(19(2)3)18-25(33)32-23-10-7-6-9-22(23)30-16-8-11-24(30)27(32)20-12-14-21(36-4)15-13-20/h6-16,19,27H,5,17-18H2,1-4H3,(H,29,35). The number of methoxy groups -OCH3 is 1. The normalized spacial score (nSPS) is 14.0. The zero-order valence-corrected chi connectivity index (χ0v) is 21.5. The number of anilines is 1. The molecule has 2 heterocycles. The Kier molecular flexibility index (Phi) is 7.81. The third kappa shape index (κ3) is 5.30. The van der Waals surface area contributed by atoms with E-state index in [9.17, 15) is 14.4 Å². The van der Waals surface area contributed by atoms with E-state index in [1.165, 1.54) is 4.90 Å². The number of urea groups is 1. The highest BCUT2D eigenvalue weighted by atomic mass is 16.5. The fourth-order valence-electron chi connectivity index (χ4n) is 4.54. The molecule has 0 saturated heterocycles. The number of esters is 1. The number of carbonyl (C=O) groups is 3. The lowest BCUT2D eigenvalue weighted by Crippen LogP contribution is -2.52. The maximum Gasteiger partial charge on any atom is 0.325 e. The molecule has 1 N–H and O–H groups in total. The molecule has 3 aromatic rings. The highest BCUT2D eigenvalue weighted by molar-refractivity contribution is 6.00. The summed E-state index contributed by atoms with van der Waals surface area (Å²) in [6.45, 7) is 5.14. The molecule has 9 nitrogen and oxygen atoms in total. The molecule has 0 aliphatic carbocycles. The summed E-state index contributed by atoms with van der Waals surface area (Å²) >= 11 is 0. The van der Waals surface area contributed by atoms with Gasteiger partial charge in [0.15, 0.2) is 0 Å². The molecule has 2 aromatic carbocycles. The summed E-state index contributed by atoms with van der Waals surface area (Å²) in [5, 5.41) is 2.57. The molecule has 9 heteroatoms. The Labute approximate surface area is 216 Å². The van der Waals surface area contributed by atoms with E-state index >= 15 is 0 Å². The van der Waals surface area contributed by atoms with Crippen molar-refractivity contribution in [2.24, 2.45) is 0 Å². The number of hydrogen-bond donors (Lipinski definition) is 1. The third-order valence-corrected chi connectivity index (χ3v) is 6.30. The molecule has 37 heavy (non-hydrogen) atoms. The van der Waals surface area contributed by atoms with Crippen LogP contribution in [0.2, 0.25) is 0 Å². The zero-order valence-electron chi connectivity index (χ0n) is 21.5. The Balaban J connectivity index is 1.69. The number of benzene rings is 2. The Hall–Kier alpha value is -4.27. The fraction of sp³-hybridized carbons (Fsp3) is 0.321. The van der Waals surface area contributed by atoms with E-state index in [0.29, 0.717) is 0 Å². The van der Waals surface area contributed by atoms with Gasteiger partial charge in [0.05, 0.1) is 30.8 Å². The summed E-state index contributed by atoms with van der Waals surface area (Å²) in [6.07, 6.45) is 1.98. The summed E-state index contributed by atoms with van der Waals surface area (Å²) < 4.78 is 12.3. The highest BCUT2D eigenvalue weighted by Crippen LogP contribution is 2.42. The number of fused-ring (bicyclic) bond motifs is 3. The van der Waals surface area contributed by atoms with E-state index in [1.807, 2.05) is 80.7 Å². The summed E-state index contributed by atoms with van der Waals surface area (Å²) in [6, 6.07) is 18.1. The van der Waals surface area contributed by atoms with Gasteiger partial charge in [-0.25, -0.2) is 4.79 Å². The van der Waals surface area contributed by atoms with Gasteiger partial charge in [0, 0.05) is 12.2 Å². The first kappa shape index (κ1) is 25.8. The van der Waals surface area contributed by atoms with Crippen LogP contribution < -0.4 is 15.0 Å². The average molecular weight is 505 g/mol. The molecular weight excluding hydrogens is 472 g/mol. The van der Waals surface area contributed by atoms with Crippen LogP contribution in [-0.4, -0.2) is 60.2 Å². The molecule has 0 radical (unpaired) electrons. The number of hydrogen-bond acceptors (Lipinski definition) is 5. The van der Waals surface area contributed by atoms with Gasteiger partial charge in [-0.1, -0.05) is 24.3 Å². The van der Waals surface area contributed by atoms with Crippen LogP contribution >= 0.6 is 0 Å². The van der Waals surface area contributed by atoms with Crippen molar-refractivity contribution in [1.82, 2.24) is 14.8 Å². The predicted octanol–water partition coefficient (Wildman–Crippen LogP) is 3.91. The predicted molar refractivity (Wildman–Crippen MR) is 140 cm³/mol. The van der Waals surface area contributed by atoms with E-state index in [1.54, 1.807) is 18.9 Å². The smallest absolute Gasteiger partial charge is 0.325 e. The van der Waals surface area contributed by atoms with E-state index < -0.39 is 18.0 Å². The quantitative estimate of drug-likeness (QED) is 0.470. The van der Waals surface area contributed by atoms with Crippen LogP contribution in [0.15, 0.2) is 66.9 Å². The van der Waals surface area contributed by atoms with Crippen molar-refractivity contribution in [1.29, 1.82) is 0 Å². The van der Waals surface area contributed by atoms with Crippen molar-refractivity contribution in [2.75, 3.05) is 31.7 Å². The van der Waals surface area contributed by atoms with E-state index in [0.717, 1.165) is 28.4 Å². The molecule has 0 saturated carbocycles. The molecule has 1 aliphatic rings. The van der Waals surface area contributed by atoms with E-state index in [4.69, 9.17) is 9.47 Å². The Morgan fingerprint density at radius 3 is 2.35 bits per heavy atom. The van der Waals surface area contributed by atoms with Crippen molar-refractivity contribution in [2.45, 2.75) is 32.9 Å². The molecule has 0 spiro atoms. The van der Waals surface area contributed by atoms with Crippen LogP contribution in [0.25, 0.3) is 5.69 Å². The van der Waals surface area contributed by atoms with Crippen LogP contribution in [0.4, 0.5) is 10.5 Å². The first-order chi connectivity index (χ1) is 17.8. The molecule has 4 rings (SSSR count). The molecule has 3 amide bonds. The second kappa shape index (κ2) is 11.2. The molecule has 194 valence electrons. The number of aromatic nitrogens is 1. The average Bonchev–Trinajstić information content (AvgIpc) is 3.39. The number of nitrogens with one attached hydrogen (secondary N) is 1. The number of rotatable bonds is 8. The van der Waals surface area contributed by atoms with Crippen molar-refractivity contribution in [3.8, 4) is 11.4 Å². The van der Waals surface area contributed by atoms with Crippen LogP contribution in [0.5, 0.6) is 5.75 Å². The maximum atomic E-state index is 14.0. The number of amides is 3. The zero-order chi connectivity index (χ0) is 26.5. The van der Waals surface area contributed by atoms with Crippen molar-refractivity contribution in [3.63, 3.8) is 0 Å². The van der Waals surface area contributed by atoms with Crippen LogP contribution in [0.3, 0.4) is 0 Å². The maximum absolute atomic E-state index is 14.0. The van der Waals surface area contributed by atoms with Gasteiger partial charge in [0.25, 0.3) is 0 Å².